The molecule has 0 aliphatic rings. The van der Waals surface area contributed by atoms with Crippen LogP contribution in [0.2, 0.25) is 0 Å². The molecule has 2 N–H and O–H groups in total. The van der Waals surface area contributed by atoms with Crippen LogP contribution in [0.15, 0.2) is 10.5 Å². The Morgan fingerprint density at radius 3 is 2.59 bits per heavy atom. The van der Waals surface area contributed by atoms with Crippen molar-refractivity contribution in [3.05, 3.63) is 23.2 Å². The smallest absolute Gasteiger partial charge is 0.222 e. The summed E-state index contributed by atoms with van der Waals surface area (Å²) in [6, 6.07) is 1.84. The lowest BCUT2D eigenvalue weighted by Gasteiger charge is -2.11. The number of aliphatic hydroxyl groups is 1. The fraction of sp³-hybridized carbons (Fsp3) is 0.615. The molecule has 0 radical (unpaired) electrons. The Kier molecular flexibility index (Phi) is 4.75. The van der Waals surface area contributed by atoms with Gasteiger partial charge in [-0.1, -0.05) is 13.8 Å². The van der Waals surface area contributed by atoms with Crippen molar-refractivity contribution in [3.8, 4) is 0 Å². The molecule has 0 fully saturated rings. The van der Waals surface area contributed by atoms with Gasteiger partial charge in [0.2, 0.25) is 5.91 Å². The predicted octanol–water partition coefficient (Wildman–Crippen LogP) is 2.09. The fourth-order valence-corrected chi connectivity index (χ4v) is 1.67. The van der Waals surface area contributed by atoms with Gasteiger partial charge in [0.05, 0.1) is 6.10 Å². The van der Waals surface area contributed by atoms with Gasteiger partial charge in [-0.2, -0.15) is 0 Å². The van der Waals surface area contributed by atoms with Gasteiger partial charge in [-0.25, -0.2) is 0 Å². The van der Waals surface area contributed by atoms with Crippen LogP contribution in [0.4, 0.5) is 0 Å². The van der Waals surface area contributed by atoms with Gasteiger partial charge in [0.25, 0.3) is 0 Å². The number of carbonyl (C=O) groups excluding carboxylic acids is 1. The lowest BCUT2D eigenvalue weighted by atomic mass is 10.1. The highest BCUT2D eigenvalue weighted by Crippen LogP contribution is 2.23. The highest BCUT2D eigenvalue weighted by molar-refractivity contribution is 5.77. The number of hydrogen-bond donors (Lipinski definition) is 2. The number of amides is 1. The van der Waals surface area contributed by atoms with E-state index in [9.17, 15) is 9.90 Å². The third-order valence-electron chi connectivity index (χ3n) is 2.68. The molecule has 0 aliphatic carbocycles. The lowest BCUT2D eigenvalue weighted by molar-refractivity contribution is -0.124. The van der Waals surface area contributed by atoms with E-state index < -0.39 is 6.10 Å². The van der Waals surface area contributed by atoms with Gasteiger partial charge in [0.15, 0.2) is 0 Å². The SMILES string of the molecule is Cc1cc(C(O)CCNC(=O)C(C)C)c(C)o1. The van der Waals surface area contributed by atoms with E-state index in [0.717, 1.165) is 17.1 Å². The first-order chi connectivity index (χ1) is 7.91. The van der Waals surface area contributed by atoms with E-state index in [-0.39, 0.29) is 11.8 Å². The van der Waals surface area contributed by atoms with E-state index in [1.54, 1.807) is 0 Å². The topological polar surface area (TPSA) is 62.5 Å². The van der Waals surface area contributed by atoms with Crippen LogP contribution < -0.4 is 5.32 Å². The molecule has 1 atom stereocenters. The van der Waals surface area contributed by atoms with Crippen molar-refractivity contribution in [2.75, 3.05) is 6.54 Å². The third kappa shape index (κ3) is 3.89. The quantitative estimate of drug-likeness (QED) is 0.827. The van der Waals surface area contributed by atoms with Gasteiger partial charge in [0.1, 0.15) is 11.5 Å². The molecule has 0 saturated heterocycles. The normalized spacial score (nSPS) is 12.8. The van der Waals surface area contributed by atoms with Crippen molar-refractivity contribution in [2.45, 2.75) is 40.2 Å². The largest absolute Gasteiger partial charge is 0.466 e. The number of nitrogens with one attached hydrogen (secondary N) is 1. The van der Waals surface area contributed by atoms with E-state index in [0.29, 0.717) is 13.0 Å². The average Bonchev–Trinajstić information content (AvgIpc) is 2.57. The second-order valence-electron chi connectivity index (χ2n) is 4.62. The molecule has 1 aromatic rings. The highest BCUT2D eigenvalue weighted by atomic mass is 16.3. The number of rotatable bonds is 5. The van der Waals surface area contributed by atoms with E-state index in [1.807, 2.05) is 33.8 Å². The molecule has 1 heterocycles. The number of hydrogen-bond acceptors (Lipinski definition) is 3. The molecule has 1 amide bonds. The van der Waals surface area contributed by atoms with Crippen LogP contribution in [0.5, 0.6) is 0 Å². The van der Waals surface area contributed by atoms with Gasteiger partial charge in [0, 0.05) is 18.0 Å². The zero-order chi connectivity index (χ0) is 13.0. The summed E-state index contributed by atoms with van der Waals surface area (Å²) >= 11 is 0. The molecule has 4 nitrogen and oxygen atoms in total. The highest BCUT2D eigenvalue weighted by Gasteiger charge is 2.15. The molecule has 17 heavy (non-hydrogen) atoms. The molecule has 1 rings (SSSR count). The molecule has 4 heteroatoms. The molecular weight excluding hydrogens is 218 g/mol. The molecule has 96 valence electrons. The number of carbonyl (C=O) groups is 1. The standard InChI is InChI=1S/C13H21NO3/c1-8(2)13(16)14-6-5-12(15)11-7-9(3)17-10(11)4/h7-8,12,15H,5-6H2,1-4H3,(H,14,16). The van der Waals surface area contributed by atoms with Gasteiger partial charge in [-0.3, -0.25) is 4.79 Å². The molecule has 1 aromatic heterocycles. The van der Waals surface area contributed by atoms with Crippen LogP contribution >= 0.6 is 0 Å². The predicted molar refractivity (Wildman–Crippen MR) is 65.6 cm³/mol. The molecule has 1 unspecified atom stereocenters. The van der Waals surface area contributed by atoms with Crippen LogP contribution in [0.3, 0.4) is 0 Å². The third-order valence-corrected chi connectivity index (χ3v) is 2.68. The van der Waals surface area contributed by atoms with Crippen LogP contribution in [0.1, 0.15) is 43.5 Å². The minimum atomic E-state index is -0.583. The summed E-state index contributed by atoms with van der Waals surface area (Å²) in [4.78, 5) is 11.3. The maximum Gasteiger partial charge on any atom is 0.222 e. The zero-order valence-electron chi connectivity index (χ0n) is 10.9. The first-order valence-corrected chi connectivity index (χ1v) is 5.94. The molecule has 0 spiro atoms. The molecule has 0 bridgehead atoms. The average molecular weight is 239 g/mol. The summed E-state index contributed by atoms with van der Waals surface area (Å²) in [5, 5.41) is 12.7. The van der Waals surface area contributed by atoms with Crippen molar-refractivity contribution >= 4 is 5.91 Å². The second kappa shape index (κ2) is 5.87. The first-order valence-electron chi connectivity index (χ1n) is 5.94. The van der Waals surface area contributed by atoms with Crippen molar-refractivity contribution in [1.82, 2.24) is 5.32 Å². The van der Waals surface area contributed by atoms with E-state index in [2.05, 4.69) is 5.32 Å². The van der Waals surface area contributed by atoms with Crippen LogP contribution in [0.25, 0.3) is 0 Å². The Hall–Kier alpha value is -1.29. The van der Waals surface area contributed by atoms with Crippen LogP contribution in [0, 0.1) is 19.8 Å². The summed E-state index contributed by atoms with van der Waals surface area (Å²) in [5.41, 5.74) is 0.807. The number of aliphatic hydroxyl groups excluding tert-OH is 1. The zero-order valence-corrected chi connectivity index (χ0v) is 10.9. The maximum atomic E-state index is 11.3. The van der Waals surface area contributed by atoms with Crippen molar-refractivity contribution < 1.29 is 14.3 Å². The minimum Gasteiger partial charge on any atom is -0.466 e. The summed E-state index contributed by atoms with van der Waals surface area (Å²) in [5.74, 6) is 1.52. The van der Waals surface area contributed by atoms with Crippen LogP contribution in [-0.2, 0) is 4.79 Å². The molecule has 0 saturated carbocycles. The Labute approximate surface area is 102 Å². The monoisotopic (exact) mass is 239 g/mol. The number of aryl methyl sites for hydroxylation is 2. The van der Waals surface area contributed by atoms with E-state index >= 15 is 0 Å². The summed E-state index contributed by atoms with van der Waals surface area (Å²) in [6.45, 7) is 7.84. The van der Waals surface area contributed by atoms with Gasteiger partial charge in [-0.15, -0.1) is 0 Å². The summed E-state index contributed by atoms with van der Waals surface area (Å²) in [6.07, 6.45) is -0.0851. The Morgan fingerprint density at radius 1 is 1.47 bits per heavy atom. The maximum absolute atomic E-state index is 11.3. The van der Waals surface area contributed by atoms with E-state index in [1.165, 1.54) is 0 Å². The van der Waals surface area contributed by atoms with Gasteiger partial charge >= 0.3 is 0 Å². The Bertz CT molecular complexity index is 382. The fourth-order valence-electron chi connectivity index (χ4n) is 1.67. The molecule has 0 aliphatic heterocycles. The summed E-state index contributed by atoms with van der Waals surface area (Å²) < 4.78 is 5.35. The minimum absolute atomic E-state index is 0.0114. The Morgan fingerprint density at radius 2 is 2.12 bits per heavy atom. The molecular formula is C13H21NO3. The van der Waals surface area contributed by atoms with Crippen molar-refractivity contribution in [1.29, 1.82) is 0 Å². The van der Waals surface area contributed by atoms with Gasteiger partial charge in [-0.05, 0) is 26.3 Å². The Balaban J connectivity index is 2.42. The molecule has 0 aromatic carbocycles. The van der Waals surface area contributed by atoms with Crippen molar-refractivity contribution in [3.63, 3.8) is 0 Å². The van der Waals surface area contributed by atoms with Crippen molar-refractivity contribution in [2.24, 2.45) is 5.92 Å². The second-order valence-corrected chi connectivity index (χ2v) is 4.62. The number of furan rings is 1. The van der Waals surface area contributed by atoms with Gasteiger partial charge < -0.3 is 14.8 Å². The first kappa shape index (κ1) is 13.8. The summed E-state index contributed by atoms with van der Waals surface area (Å²) in [7, 11) is 0. The van der Waals surface area contributed by atoms with E-state index in [4.69, 9.17) is 4.42 Å². The lowest BCUT2D eigenvalue weighted by Crippen LogP contribution is -2.29. The van der Waals surface area contributed by atoms with Crippen LogP contribution in [-0.4, -0.2) is 17.6 Å².